The van der Waals surface area contributed by atoms with Crippen molar-refractivity contribution in [3.8, 4) is 0 Å². The summed E-state index contributed by atoms with van der Waals surface area (Å²) in [6.45, 7) is 0.592. The molecule has 27 heavy (non-hydrogen) atoms. The Morgan fingerprint density at radius 1 is 1.22 bits per heavy atom. The van der Waals surface area contributed by atoms with Crippen LogP contribution in [0, 0.1) is 10.1 Å². The minimum absolute atomic E-state index is 0.111. The second-order valence-corrected chi connectivity index (χ2v) is 6.43. The van der Waals surface area contributed by atoms with Gasteiger partial charge in [-0.15, -0.1) is 0 Å². The zero-order valence-corrected chi connectivity index (χ0v) is 15.4. The van der Waals surface area contributed by atoms with Gasteiger partial charge in [0.05, 0.1) is 42.3 Å². The first-order chi connectivity index (χ1) is 12.9. The molecular formula is C16H14Cl2N6O3. The van der Waals surface area contributed by atoms with E-state index in [2.05, 4.69) is 15.5 Å². The fourth-order valence-corrected chi connectivity index (χ4v) is 2.89. The van der Waals surface area contributed by atoms with Crippen molar-refractivity contribution in [2.24, 2.45) is 0 Å². The molecule has 0 spiro atoms. The summed E-state index contributed by atoms with van der Waals surface area (Å²) in [6.07, 6.45) is 4.74. The Kier molecular flexibility index (Phi) is 5.72. The van der Waals surface area contributed by atoms with Crippen LogP contribution in [0.5, 0.6) is 0 Å². The van der Waals surface area contributed by atoms with Crippen LogP contribution in [0.1, 0.15) is 12.0 Å². The Morgan fingerprint density at radius 3 is 2.63 bits per heavy atom. The average molecular weight is 409 g/mol. The van der Waals surface area contributed by atoms with Crippen molar-refractivity contribution < 1.29 is 9.72 Å². The van der Waals surface area contributed by atoms with Crippen molar-refractivity contribution in [2.45, 2.75) is 19.5 Å². The second kappa shape index (κ2) is 8.19. The maximum absolute atomic E-state index is 12.0. The lowest BCUT2D eigenvalue weighted by Crippen LogP contribution is -2.14. The van der Waals surface area contributed by atoms with Crippen LogP contribution in [0.4, 0.5) is 11.5 Å². The number of benzene rings is 1. The SMILES string of the molecule is O=C(CCn1ccc([N+](=O)[O-])n1)Nc1cnn(Cc2c(Cl)cccc2Cl)c1. The van der Waals surface area contributed by atoms with Crippen LogP contribution in [0.2, 0.25) is 10.0 Å². The third-order valence-electron chi connectivity index (χ3n) is 3.68. The van der Waals surface area contributed by atoms with Gasteiger partial charge in [0.1, 0.15) is 0 Å². The van der Waals surface area contributed by atoms with Crippen molar-refractivity contribution in [3.05, 3.63) is 68.6 Å². The van der Waals surface area contributed by atoms with E-state index in [-0.39, 0.29) is 24.7 Å². The second-order valence-electron chi connectivity index (χ2n) is 5.62. The highest BCUT2D eigenvalue weighted by Gasteiger charge is 2.13. The molecule has 11 heteroatoms. The lowest BCUT2D eigenvalue weighted by Gasteiger charge is -2.06. The number of hydrogen-bond donors (Lipinski definition) is 1. The third-order valence-corrected chi connectivity index (χ3v) is 4.39. The van der Waals surface area contributed by atoms with Crippen LogP contribution < -0.4 is 5.32 Å². The van der Waals surface area contributed by atoms with Crippen LogP contribution in [-0.2, 0) is 17.9 Å². The number of aromatic nitrogens is 4. The normalized spacial score (nSPS) is 10.7. The zero-order chi connectivity index (χ0) is 19.4. The predicted octanol–water partition coefficient (Wildman–Crippen LogP) is 3.37. The number of carbonyl (C=O) groups is 1. The van der Waals surface area contributed by atoms with E-state index in [0.29, 0.717) is 22.3 Å². The van der Waals surface area contributed by atoms with Crippen molar-refractivity contribution in [2.75, 3.05) is 5.32 Å². The van der Waals surface area contributed by atoms with Gasteiger partial charge in [-0.2, -0.15) is 9.78 Å². The number of hydrogen-bond acceptors (Lipinski definition) is 5. The van der Waals surface area contributed by atoms with Gasteiger partial charge < -0.3 is 15.4 Å². The van der Waals surface area contributed by atoms with E-state index in [9.17, 15) is 14.9 Å². The number of halogens is 2. The molecular weight excluding hydrogens is 395 g/mol. The highest BCUT2D eigenvalue weighted by atomic mass is 35.5. The summed E-state index contributed by atoms with van der Waals surface area (Å²) in [6, 6.07) is 6.53. The van der Waals surface area contributed by atoms with Gasteiger partial charge in [0.2, 0.25) is 5.91 Å². The molecule has 9 nitrogen and oxygen atoms in total. The molecule has 1 aromatic carbocycles. The average Bonchev–Trinajstić information content (AvgIpc) is 3.26. The molecule has 1 amide bonds. The summed E-state index contributed by atoms with van der Waals surface area (Å²) in [7, 11) is 0. The van der Waals surface area contributed by atoms with Crippen molar-refractivity contribution in [1.82, 2.24) is 19.6 Å². The molecule has 0 bridgehead atoms. The maximum Gasteiger partial charge on any atom is 0.389 e. The predicted molar refractivity (Wildman–Crippen MR) is 99.9 cm³/mol. The van der Waals surface area contributed by atoms with Gasteiger partial charge in [-0.25, -0.2) is 0 Å². The van der Waals surface area contributed by atoms with Crippen LogP contribution in [0.25, 0.3) is 0 Å². The largest absolute Gasteiger partial charge is 0.389 e. The number of carbonyl (C=O) groups excluding carboxylic acids is 1. The molecule has 3 aromatic rings. The quantitative estimate of drug-likeness (QED) is 0.476. The number of rotatable bonds is 7. The number of nitrogens with zero attached hydrogens (tertiary/aromatic N) is 5. The van der Waals surface area contributed by atoms with E-state index in [1.165, 1.54) is 23.1 Å². The number of anilines is 1. The zero-order valence-electron chi connectivity index (χ0n) is 13.9. The standard InChI is InChI=1S/C16H14Cl2N6O3/c17-13-2-1-3-14(18)12(13)10-23-9-11(8-19-23)20-16(25)5-7-22-6-4-15(21-22)24(26)27/h1-4,6,8-9H,5,7,10H2,(H,20,25). The first kappa shape index (κ1) is 18.9. The molecule has 1 N–H and O–H groups in total. The molecule has 0 aliphatic heterocycles. The van der Waals surface area contributed by atoms with Gasteiger partial charge in [-0.1, -0.05) is 29.3 Å². The number of aryl methyl sites for hydroxylation is 1. The number of nitro groups is 1. The van der Waals surface area contributed by atoms with Crippen molar-refractivity contribution in [1.29, 1.82) is 0 Å². The maximum atomic E-state index is 12.0. The van der Waals surface area contributed by atoms with E-state index in [4.69, 9.17) is 23.2 Å². The summed E-state index contributed by atoms with van der Waals surface area (Å²) in [5.74, 6) is -0.515. The van der Waals surface area contributed by atoms with Crippen molar-refractivity contribution in [3.63, 3.8) is 0 Å². The topological polar surface area (TPSA) is 108 Å². The number of nitrogens with one attached hydrogen (secondary N) is 1. The van der Waals surface area contributed by atoms with Crippen LogP contribution in [-0.4, -0.2) is 30.4 Å². The first-order valence-corrected chi connectivity index (χ1v) is 8.61. The minimum Gasteiger partial charge on any atom is -0.358 e. The van der Waals surface area contributed by atoms with Gasteiger partial charge in [-0.3, -0.25) is 9.48 Å². The van der Waals surface area contributed by atoms with Gasteiger partial charge in [-0.05, 0) is 17.1 Å². The Labute approximate surface area is 163 Å². The van der Waals surface area contributed by atoms with E-state index in [0.717, 1.165) is 5.56 Å². The van der Waals surface area contributed by atoms with E-state index in [1.54, 1.807) is 29.1 Å². The van der Waals surface area contributed by atoms with E-state index < -0.39 is 4.92 Å². The third kappa shape index (κ3) is 4.83. The molecule has 0 fully saturated rings. The Bertz CT molecular complexity index is 964. The lowest BCUT2D eigenvalue weighted by atomic mass is 10.2. The van der Waals surface area contributed by atoms with Gasteiger partial charge in [0, 0.05) is 28.2 Å². The molecule has 3 rings (SSSR count). The molecule has 0 radical (unpaired) electrons. The molecule has 2 heterocycles. The van der Waals surface area contributed by atoms with Gasteiger partial charge in [0.15, 0.2) is 0 Å². The molecule has 0 aliphatic carbocycles. The molecule has 0 saturated carbocycles. The smallest absolute Gasteiger partial charge is 0.358 e. The molecule has 140 valence electrons. The number of amides is 1. The highest BCUT2D eigenvalue weighted by molar-refractivity contribution is 6.35. The van der Waals surface area contributed by atoms with Crippen LogP contribution in [0.3, 0.4) is 0 Å². The van der Waals surface area contributed by atoms with E-state index >= 15 is 0 Å². The molecule has 0 saturated heterocycles. The Morgan fingerprint density at radius 2 is 1.96 bits per heavy atom. The Balaban J connectivity index is 1.55. The summed E-state index contributed by atoms with van der Waals surface area (Å²) < 4.78 is 2.96. The van der Waals surface area contributed by atoms with Crippen LogP contribution in [0.15, 0.2) is 42.9 Å². The summed E-state index contributed by atoms with van der Waals surface area (Å²) in [5, 5.41) is 22.3. The summed E-state index contributed by atoms with van der Waals surface area (Å²) in [4.78, 5) is 22.0. The Hall–Kier alpha value is -2.91. The monoisotopic (exact) mass is 408 g/mol. The summed E-state index contributed by atoms with van der Waals surface area (Å²) >= 11 is 12.3. The van der Waals surface area contributed by atoms with Gasteiger partial charge in [0.25, 0.3) is 0 Å². The first-order valence-electron chi connectivity index (χ1n) is 7.85. The molecule has 0 unspecified atom stereocenters. The van der Waals surface area contributed by atoms with E-state index in [1.807, 2.05) is 0 Å². The summed E-state index contributed by atoms with van der Waals surface area (Å²) in [5.41, 5.74) is 1.26. The van der Waals surface area contributed by atoms with Crippen LogP contribution >= 0.6 is 23.2 Å². The molecule has 2 aromatic heterocycles. The lowest BCUT2D eigenvalue weighted by molar-refractivity contribution is -0.389. The molecule has 0 aliphatic rings. The van der Waals surface area contributed by atoms with Crippen molar-refractivity contribution >= 4 is 40.6 Å². The fraction of sp³-hybridized carbons (Fsp3) is 0.188. The fourth-order valence-electron chi connectivity index (χ4n) is 2.37. The minimum atomic E-state index is -0.587. The molecule has 0 atom stereocenters. The highest BCUT2D eigenvalue weighted by Crippen LogP contribution is 2.25. The van der Waals surface area contributed by atoms with Gasteiger partial charge >= 0.3 is 5.82 Å².